The summed E-state index contributed by atoms with van der Waals surface area (Å²) in [6.45, 7) is 2.12. The van der Waals surface area contributed by atoms with Gasteiger partial charge in [-0.05, 0) is 30.0 Å². The fourth-order valence-corrected chi connectivity index (χ4v) is 2.32. The van der Waals surface area contributed by atoms with Crippen molar-refractivity contribution < 1.29 is 4.79 Å². The first kappa shape index (κ1) is 15.3. The molecule has 0 aliphatic rings. The number of nitrogens with one attached hydrogen (secondary N) is 1. The van der Waals surface area contributed by atoms with E-state index in [1.807, 2.05) is 54.6 Å². The summed E-state index contributed by atoms with van der Waals surface area (Å²) in [5, 5.41) is 2.95. The van der Waals surface area contributed by atoms with Gasteiger partial charge in [-0.25, -0.2) is 0 Å². The Labute approximate surface area is 126 Å². The minimum Gasteiger partial charge on any atom is -0.324 e. The number of carbonyl (C=O) groups excluding carboxylic acids is 1. The minimum atomic E-state index is -0.540. The van der Waals surface area contributed by atoms with Crippen LogP contribution in [0.3, 0.4) is 0 Å². The second-order valence-corrected chi connectivity index (χ2v) is 5.19. The molecule has 3 nitrogen and oxygen atoms in total. The number of hydrogen-bond donors (Lipinski definition) is 2. The van der Waals surface area contributed by atoms with Crippen molar-refractivity contribution in [3.63, 3.8) is 0 Å². The lowest BCUT2D eigenvalue weighted by molar-refractivity contribution is -0.117. The highest BCUT2D eigenvalue weighted by atomic mass is 16.2. The van der Waals surface area contributed by atoms with Gasteiger partial charge in [0.2, 0.25) is 5.91 Å². The van der Waals surface area contributed by atoms with Crippen LogP contribution in [0.1, 0.15) is 24.5 Å². The van der Waals surface area contributed by atoms with Crippen LogP contribution in [0.15, 0.2) is 54.6 Å². The molecule has 0 aliphatic carbocycles. The molecule has 2 aromatic rings. The monoisotopic (exact) mass is 282 g/mol. The summed E-state index contributed by atoms with van der Waals surface area (Å²) in [6, 6.07) is 17.2. The van der Waals surface area contributed by atoms with E-state index in [-0.39, 0.29) is 5.91 Å². The van der Waals surface area contributed by atoms with Gasteiger partial charge in [0.15, 0.2) is 0 Å². The topological polar surface area (TPSA) is 55.1 Å². The highest BCUT2D eigenvalue weighted by Crippen LogP contribution is 2.17. The molecule has 0 saturated heterocycles. The number of para-hydroxylation sites is 1. The van der Waals surface area contributed by atoms with E-state index < -0.39 is 6.04 Å². The molecule has 1 atom stereocenters. The van der Waals surface area contributed by atoms with Gasteiger partial charge in [-0.15, -0.1) is 0 Å². The van der Waals surface area contributed by atoms with Crippen LogP contribution in [0.4, 0.5) is 5.69 Å². The lowest BCUT2D eigenvalue weighted by atomic mass is 10.0. The molecule has 0 heterocycles. The number of carbonyl (C=O) groups is 1. The zero-order valence-corrected chi connectivity index (χ0v) is 12.4. The van der Waals surface area contributed by atoms with Gasteiger partial charge in [-0.3, -0.25) is 4.79 Å². The lowest BCUT2D eigenvalue weighted by Crippen LogP contribution is -2.37. The van der Waals surface area contributed by atoms with Crippen LogP contribution in [-0.2, 0) is 17.6 Å². The normalized spacial score (nSPS) is 11.9. The summed E-state index contributed by atoms with van der Waals surface area (Å²) in [5.41, 5.74) is 9.10. The van der Waals surface area contributed by atoms with Crippen LogP contribution in [-0.4, -0.2) is 11.9 Å². The molecule has 1 amide bonds. The molecule has 0 saturated carbocycles. The third-order valence-electron chi connectivity index (χ3n) is 3.43. The van der Waals surface area contributed by atoms with Crippen LogP contribution in [0.25, 0.3) is 0 Å². The summed E-state index contributed by atoms with van der Waals surface area (Å²) in [7, 11) is 0. The minimum absolute atomic E-state index is 0.137. The Bertz CT molecular complexity index is 581. The van der Waals surface area contributed by atoms with Crippen molar-refractivity contribution in [2.75, 3.05) is 5.32 Å². The molecule has 110 valence electrons. The molecule has 0 radical (unpaired) electrons. The molecular weight excluding hydrogens is 260 g/mol. The molecular formula is C18H22N2O. The Kier molecular flexibility index (Phi) is 5.52. The van der Waals surface area contributed by atoms with Crippen LogP contribution in [0.2, 0.25) is 0 Å². The summed E-state index contributed by atoms with van der Waals surface area (Å²) in [5.74, 6) is -0.137. The van der Waals surface area contributed by atoms with Crippen molar-refractivity contribution in [2.24, 2.45) is 5.73 Å². The second kappa shape index (κ2) is 7.60. The average molecular weight is 282 g/mol. The molecule has 0 aromatic heterocycles. The van der Waals surface area contributed by atoms with E-state index in [1.54, 1.807) is 0 Å². The maximum atomic E-state index is 12.2. The predicted octanol–water partition coefficient (Wildman–Crippen LogP) is 3.15. The zero-order chi connectivity index (χ0) is 15.1. The van der Waals surface area contributed by atoms with Crippen LogP contribution in [0.5, 0.6) is 0 Å². The fraction of sp³-hybridized carbons (Fsp3) is 0.278. The van der Waals surface area contributed by atoms with Gasteiger partial charge in [-0.1, -0.05) is 61.9 Å². The number of hydrogen-bond acceptors (Lipinski definition) is 2. The van der Waals surface area contributed by atoms with Gasteiger partial charge in [0.1, 0.15) is 0 Å². The van der Waals surface area contributed by atoms with Gasteiger partial charge < -0.3 is 11.1 Å². The number of aryl methyl sites for hydroxylation is 1. The largest absolute Gasteiger partial charge is 0.324 e. The van der Waals surface area contributed by atoms with Crippen LogP contribution in [0, 0.1) is 0 Å². The number of benzene rings is 2. The fourth-order valence-electron chi connectivity index (χ4n) is 2.32. The number of rotatable bonds is 6. The number of amides is 1. The third kappa shape index (κ3) is 4.43. The predicted molar refractivity (Wildman–Crippen MR) is 87.2 cm³/mol. The van der Waals surface area contributed by atoms with Gasteiger partial charge >= 0.3 is 0 Å². The lowest BCUT2D eigenvalue weighted by Gasteiger charge is -2.15. The first-order valence-corrected chi connectivity index (χ1v) is 7.39. The molecule has 21 heavy (non-hydrogen) atoms. The second-order valence-electron chi connectivity index (χ2n) is 5.19. The summed E-state index contributed by atoms with van der Waals surface area (Å²) < 4.78 is 0. The van der Waals surface area contributed by atoms with Crippen molar-refractivity contribution >= 4 is 11.6 Å². The van der Waals surface area contributed by atoms with E-state index in [2.05, 4.69) is 12.2 Å². The zero-order valence-electron chi connectivity index (χ0n) is 12.4. The molecule has 0 spiro atoms. The van der Waals surface area contributed by atoms with Crippen molar-refractivity contribution in [1.82, 2.24) is 0 Å². The van der Waals surface area contributed by atoms with Gasteiger partial charge in [0.05, 0.1) is 6.04 Å². The van der Waals surface area contributed by atoms with Crippen molar-refractivity contribution in [2.45, 2.75) is 32.2 Å². The van der Waals surface area contributed by atoms with E-state index in [9.17, 15) is 4.79 Å². The Balaban J connectivity index is 2.01. The molecule has 2 rings (SSSR count). The quantitative estimate of drug-likeness (QED) is 0.855. The van der Waals surface area contributed by atoms with Crippen molar-refractivity contribution in [1.29, 1.82) is 0 Å². The van der Waals surface area contributed by atoms with E-state index in [0.717, 1.165) is 29.7 Å². The number of nitrogens with two attached hydrogens (primary N) is 1. The van der Waals surface area contributed by atoms with E-state index in [1.165, 1.54) is 0 Å². The standard InChI is InChI=1S/C18H22N2O/c1-2-8-15-11-6-7-12-17(15)20-18(21)16(19)13-14-9-4-3-5-10-14/h3-7,9-12,16H,2,8,13,19H2,1H3,(H,20,21). The first-order valence-electron chi connectivity index (χ1n) is 7.39. The van der Waals surface area contributed by atoms with Crippen molar-refractivity contribution in [3.8, 4) is 0 Å². The smallest absolute Gasteiger partial charge is 0.241 e. The SMILES string of the molecule is CCCc1ccccc1NC(=O)C(N)Cc1ccccc1. The van der Waals surface area contributed by atoms with E-state index in [4.69, 9.17) is 5.73 Å². The highest BCUT2D eigenvalue weighted by Gasteiger charge is 2.15. The maximum Gasteiger partial charge on any atom is 0.241 e. The molecule has 3 N–H and O–H groups in total. The highest BCUT2D eigenvalue weighted by molar-refractivity contribution is 5.95. The Hall–Kier alpha value is -2.13. The molecule has 2 aromatic carbocycles. The van der Waals surface area contributed by atoms with Gasteiger partial charge in [-0.2, -0.15) is 0 Å². The van der Waals surface area contributed by atoms with Gasteiger partial charge in [0.25, 0.3) is 0 Å². The van der Waals surface area contributed by atoms with Crippen LogP contribution < -0.4 is 11.1 Å². The third-order valence-corrected chi connectivity index (χ3v) is 3.43. The summed E-state index contributed by atoms with van der Waals surface area (Å²) in [4.78, 5) is 12.2. The Morgan fingerprint density at radius 1 is 1.10 bits per heavy atom. The van der Waals surface area contributed by atoms with E-state index >= 15 is 0 Å². The molecule has 0 fully saturated rings. The molecule has 0 bridgehead atoms. The molecule has 0 aliphatic heterocycles. The number of anilines is 1. The average Bonchev–Trinajstić information content (AvgIpc) is 2.50. The summed E-state index contributed by atoms with van der Waals surface area (Å²) in [6.07, 6.45) is 2.54. The Morgan fingerprint density at radius 2 is 1.76 bits per heavy atom. The van der Waals surface area contributed by atoms with Crippen LogP contribution >= 0.6 is 0 Å². The molecule has 1 unspecified atom stereocenters. The van der Waals surface area contributed by atoms with Crippen molar-refractivity contribution in [3.05, 3.63) is 65.7 Å². The van der Waals surface area contributed by atoms with E-state index in [0.29, 0.717) is 6.42 Å². The first-order chi connectivity index (χ1) is 10.2. The summed E-state index contributed by atoms with van der Waals surface area (Å²) >= 11 is 0. The maximum absolute atomic E-state index is 12.2. The Morgan fingerprint density at radius 3 is 2.48 bits per heavy atom. The van der Waals surface area contributed by atoms with Gasteiger partial charge in [0, 0.05) is 5.69 Å². The molecule has 3 heteroatoms.